The number of carbonyl (C=O) groups excluding carboxylic acids is 2. The molecule has 0 spiro atoms. The predicted molar refractivity (Wildman–Crippen MR) is 384 cm³/mol. The molecule has 6 N–H and O–H groups in total. The lowest BCUT2D eigenvalue weighted by Crippen LogP contribution is -2.61. The molecule has 1 rings (SSSR count). The van der Waals surface area contributed by atoms with Gasteiger partial charge in [-0.3, -0.25) is 9.59 Å². The van der Waals surface area contributed by atoms with Gasteiger partial charge in [-0.15, -0.1) is 0 Å². The predicted octanol–water partition coefficient (Wildman–Crippen LogP) is 20.4. The van der Waals surface area contributed by atoms with E-state index < -0.39 is 67.4 Å². The van der Waals surface area contributed by atoms with Gasteiger partial charge < -0.3 is 45.1 Å². The summed E-state index contributed by atoms with van der Waals surface area (Å²) in [7, 11) is 0. The van der Waals surface area contributed by atoms with Crippen molar-refractivity contribution in [3.05, 3.63) is 85.1 Å². The lowest BCUT2D eigenvalue weighted by molar-refractivity contribution is -0.305. The Balaban J connectivity index is 2.50. The summed E-state index contributed by atoms with van der Waals surface area (Å²) in [5, 5.41) is 57.3. The number of nitrogens with one attached hydrogen (secondary N) is 1. The van der Waals surface area contributed by atoms with Crippen molar-refractivity contribution in [3.63, 3.8) is 0 Å². The standard InChI is InChI=1S/C80H143NO10/c1-4-7-10-13-16-19-22-24-26-28-30-32-34-36-38-39-41-43-45-47-49-52-55-58-61-64-67-73(84)79(88)81-71(72(83)66-63-60-57-54-51-21-18-15-12-9-6-3)70-89-80-78(77(87)76(86)74(69-82)90-80)91-75(85)68-65-62-59-56-53-50-48-46-44-42-40-37-35-33-31-29-27-25-23-20-17-14-11-8-5-2/h16-17,19-20,24-27,31,33,37,40,63,66,71-74,76-78,80,82-84,86-87H,4-15,18,21-23,28-30,32,34-36,38-39,41-62,64-65,67-70H2,1-3H3,(H,81,88)/b19-16-,20-17-,26-24-,27-25-,33-31-,40-37-,66-63+. The van der Waals surface area contributed by atoms with Crippen molar-refractivity contribution in [3.8, 4) is 0 Å². The molecule has 528 valence electrons. The monoisotopic (exact) mass is 1280 g/mol. The molecule has 1 saturated heterocycles. The molecule has 1 fully saturated rings. The van der Waals surface area contributed by atoms with Gasteiger partial charge in [-0.1, -0.05) is 324 Å². The highest BCUT2D eigenvalue weighted by molar-refractivity contribution is 5.80. The first-order valence-corrected chi connectivity index (χ1v) is 38.4. The molecule has 0 aliphatic carbocycles. The maximum Gasteiger partial charge on any atom is 0.306 e. The van der Waals surface area contributed by atoms with Crippen LogP contribution in [0.2, 0.25) is 0 Å². The number of amides is 1. The molecule has 0 saturated carbocycles. The largest absolute Gasteiger partial charge is 0.454 e. The summed E-state index contributed by atoms with van der Waals surface area (Å²) in [6.07, 6.45) is 79.2. The maximum atomic E-state index is 13.5. The fraction of sp³-hybridized carbons (Fsp3) is 0.800. The zero-order valence-corrected chi connectivity index (χ0v) is 59.0. The normalized spacial score (nSPS) is 18.4. The van der Waals surface area contributed by atoms with Gasteiger partial charge in [0.15, 0.2) is 12.4 Å². The van der Waals surface area contributed by atoms with Gasteiger partial charge in [-0.2, -0.15) is 0 Å². The Morgan fingerprint density at radius 2 is 0.758 bits per heavy atom. The Morgan fingerprint density at radius 3 is 1.15 bits per heavy atom. The Bertz CT molecular complexity index is 1810. The molecule has 1 heterocycles. The van der Waals surface area contributed by atoms with Crippen molar-refractivity contribution < 1.29 is 49.3 Å². The second-order valence-corrected chi connectivity index (χ2v) is 26.4. The second-order valence-electron chi connectivity index (χ2n) is 26.4. The van der Waals surface area contributed by atoms with Crippen LogP contribution >= 0.6 is 0 Å². The molecule has 1 amide bonds. The van der Waals surface area contributed by atoms with E-state index in [-0.39, 0.29) is 13.0 Å². The molecule has 0 aromatic heterocycles. The van der Waals surface area contributed by atoms with E-state index in [0.717, 1.165) is 96.3 Å². The third kappa shape index (κ3) is 53.7. The summed E-state index contributed by atoms with van der Waals surface area (Å²) in [6, 6.07) is -1.03. The fourth-order valence-electron chi connectivity index (χ4n) is 11.7. The van der Waals surface area contributed by atoms with E-state index >= 15 is 0 Å². The van der Waals surface area contributed by atoms with Gasteiger partial charge in [0, 0.05) is 6.42 Å². The molecule has 0 aromatic carbocycles. The first-order valence-electron chi connectivity index (χ1n) is 38.4. The zero-order valence-electron chi connectivity index (χ0n) is 59.0. The highest BCUT2D eigenvalue weighted by Gasteiger charge is 2.47. The highest BCUT2D eigenvalue weighted by atomic mass is 16.7. The topological polar surface area (TPSA) is 175 Å². The van der Waals surface area contributed by atoms with Crippen LogP contribution in [0.3, 0.4) is 0 Å². The van der Waals surface area contributed by atoms with Gasteiger partial charge in [-0.05, 0) is 103 Å². The van der Waals surface area contributed by atoms with E-state index in [0.29, 0.717) is 19.3 Å². The quantitative estimate of drug-likeness (QED) is 0.0195. The number of carbonyl (C=O) groups is 2. The maximum absolute atomic E-state index is 13.5. The van der Waals surface area contributed by atoms with Crippen LogP contribution < -0.4 is 5.32 Å². The fourth-order valence-corrected chi connectivity index (χ4v) is 11.7. The number of aliphatic hydroxyl groups is 5. The number of allylic oxidation sites excluding steroid dienone is 13. The molecule has 91 heavy (non-hydrogen) atoms. The van der Waals surface area contributed by atoms with E-state index in [1.807, 2.05) is 6.08 Å². The minimum atomic E-state index is -1.62. The molecule has 0 aromatic rings. The SMILES string of the molecule is CCCCC/C=C\C/C=C\C/C=C\C/C=C\CCCCCCCCCCCC(=O)OC1C(OCC(NC(=O)C(O)CCCCCCCCCCCCCCCCCC/C=C\C/C=C\CCCCC)C(O)/C=C/CCCCCCCCCCC)OC(CO)C(O)C1O. The number of hydrogen-bond donors (Lipinski definition) is 6. The molecule has 1 aliphatic rings. The third-order valence-electron chi connectivity index (χ3n) is 17.8. The van der Waals surface area contributed by atoms with Crippen LogP contribution in [0.25, 0.3) is 0 Å². The van der Waals surface area contributed by atoms with E-state index in [4.69, 9.17) is 14.2 Å². The number of esters is 1. The number of hydrogen-bond acceptors (Lipinski definition) is 10. The molecule has 1 aliphatic heterocycles. The summed E-state index contributed by atoms with van der Waals surface area (Å²) in [4.78, 5) is 26.7. The van der Waals surface area contributed by atoms with Crippen LogP contribution in [0.15, 0.2) is 85.1 Å². The Hall–Kier alpha value is -3.16. The summed E-state index contributed by atoms with van der Waals surface area (Å²) in [5.41, 5.74) is 0. The van der Waals surface area contributed by atoms with Crippen LogP contribution in [0, 0.1) is 0 Å². The summed E-state index contributed by atoms with van der Waals surface area (Å²) >= 11 is 0. The van der Waals surface area contributed by atoms with Crippen molar-refractivity contribution >= 4 is 11.9 Å². The molecule has 0 bridgehead atoms. The van der Waals surface area contributed by atoms with Gasteiger partial charge >= 0.3 is 5.97 Å². The summed E-state index contributed by atoms with van der Waals surface area (Å²) < 4.78 is 17.7. The van der Waals surface area contributed by atoms with Crippen LogP contribution in [0.1, 0.15) is 348 Å². The van der Waals surface area contributed by atoms with Crippen molar-refractivity contribution in [1.29, 1.82) is 0 Å². The van der Waals surface area contributed by atoms with Gasteiger partial charge in [0.2, 0.25) is 5.91 Å². The van der Waals surface area contributed by atoms with Crippen molar-refractivity contribution in [1.82, 2.24) is 5.32 Å². The molecule has 11 nitrogen and oxygen atoms in total. The summed E-state index contributed by atoms with van der Waals surface area (Å²) in [5.74, 6) is -1.19. The van der Waals surface area contributed by atoms with Gasteiger partial charge in [0.1, 0.15) is 24.4 Å². The molecule has 11 heteroatoms. The zero-order chi connectivity index (χ0) is 66.0. The smallest absolute Gasteiger partial charge is 0.306 e. The Labute approximate surface area is 559 Å². The van der Waals surface area contributed by atoms with Crippen molar-refractivity contribution in [2.24, 2.45) is 0 Å². The van der Waals surface area contributed by atoms with Crippen LogP contribution in [0.5, 0.6) is 0 Å². The molecule has 8 atom stereocenters. The molecule has 0 radical (unpaired) electrons. The van der Waals surface area contributed by atoms with Gasteiger partial charge in [-0.25, -0.2) is 0 Å². The first-order chi connectivity index (χ1) is 44.7. The molecular formula is C80H143NO10. The lowest BCUT2D eigenvalue weighted by Gasteiger charge is -2.41. The van der Waals surface area contributed by atoms with Gasteiger partial charge in [0.05, 0.1) is 25.4 Å². The number of aliphatic hydroxyl groups excluding tert-OH is 5. The number of ether oxygens (including phenoxy) is 3. The van der Waals surface area contributed by atoms with Crippen LogP contribution in [-0.4, -0.2) is 99.6 Å². The number of unbranched alkanes of at least 4 members (excludes halogenated alkanes) is 40. The van der Waals surface area contributed by atoms with Crippen LogP contribution in [-0.2, 0) is 23.8 Å². The van der Waals surface area contributed by atoms with E-state index in [9.17, 15) is 35.1 Å². The summed E-state index contributed by atoms with van der Waals surface area (Å²) in [6.45, 7) is 5.77. The van der Waals surface area contributed by atoms with E-state index in [1.165, 1.54) is 205 Å². The third-order valence-corrected chi connectivity index (χ3v) is 17.8. The average Bonchev–Trinajstić information content (AvgIpc) is 1.13. The lowest BCUT2D eigenvalue weighted by atomic mass is 9.99. The average molecular weight is 1280 g/mol. The van der Waals surface area contributed by atoms with Crippen molar-refractivity contribution in [2.45, 2.75) is 397 Å². The van der Waals surface area contributed by atoms with Gasteiger partial charge in [0.25, 0.3) is 0 Å². The Morgan fingerprint density at radius 1 is 0.429 bits per heavy atom. The van der Waals surface area contributed by atoms with Crippen molar-refractivity contribution in [2.75, 3.05) is 13.2 Å². The Kier molecular flexibility index (Phi) is 63.1. The second kappa shape index (κ2) is 66.8. The minimum Gasteiger partial charge on any atom is -0.454 e. The number of rotatable bonds is 66. The molecular weight excluding hydrogens is 1130 g/mol. The minimum absolute atomic E-state index is 0.115. The van der Waals surface area contributed by atoms with E-state index in [2.05, 4.69) is 99.0 Å². The molecule has 8 unspecified atom stereocenters. The first kappa shape index (κ1) is 85.9. The van der Waals surface area contributed by atoms with Crippen LogP contribution in [0.4, 0.5) is 0 Å². The van der Waals surface area contributed by atoms with E-state index in [1.54, 1.807) is 6.08 Å². The highest BCUT2D eigenvalue weighted by Crippen LogP contribution is 2.26.